The number of aromatic nitrogens is 2. The smallest absolute Gasteiger partial charge is 0.230 e. The van der Waals surface area contributed by atoms with Crippen LogP contribution in [-0.4, -0.2) is 15.9 Å². The monoisotopic (exact) mass is 405 g/mol. The second-order valence-corrected chi connectivity index (χ2v) is 7.95. The molecule has 0 spiro atoms. The second kappa shape index (κ2) is 8.15. The fourth-order valence-electron chi connectivity index (χ4n) is 4.03. The van der Waals surface area contributed by atoms with Crippen molar-refractivity contribution in [3.8, 4) is 22.5 Å². The van der Waals surface area contributed by atoms with Crippen molar-refractivity contribution in [2.45, 2.75) is 26.2 Å². The fourth-order valence-corrected chi connectivity index (χ4v) is 4.03. The predicted molar refractivity (Wildman–Crippen MR) is 124 cm³/mol. The quantitative estimate of drug-likeness (QED) is 0.495. The van der Waals surface area contributed by atoms with E-state index in [1.807, 2.05) is 67.6 Å². The van der Waals surface area contributed by atoms with E-state index in [1.165, 1.54) is 11.1 Å². The molecule has 3 aromatic carbocycles. The SMILES string of the molecule is Cc1ccc(CC(=O)Nc2nc3c(nc2-c2ccccc2)-c2ccccc2CC3)cc1. The Hall–Kier alpha value is -3.79. The van der Waals surface area contributed by atoms with Crippen molar-refractivity contribution in [3.05, 3.63) is 101 Å². The molecule has 1 amide bonds. The number of nitrogens with zero attached hydrogens (tertiary/aromatic N) is 2. The van der Waals surface area contributed by atoms with Gasteiger partial charge in [0.2, 0.25) is 5.91 Å². The Balaban J connectivity index is 1.53. The first-order valence-electron chi connectivity index (χ1n) is 10.6. The first kappa shape index (κ1) is 19.2. The number of fused-ring (bicyclic) bond motifs is 3. The molecule has 0 bridgehead atoms. The lowest BCUT2D eigenvalue weighted by atomic mass is 9.91. The minimum atomic E-state index is -0.0912. The van der Waals surface area contributed by atoms with E-state index in [0.717, 1.165) is 40.9 Å². The van der Waals surface area contributed by atoms with Crippen LogP contribution in [0.3, 0.4) is 0 Å². The maximum absolute atomic E-state index is 12.8. The molecule has 31 heavy (non-hydrogen) atoms. The Morgan fingerprint density at radius 3 is 2.39 bits per heavy atom. The van der Waals surface area contributed by atoms with Gasteiger partial charge in [-0.25, -0.2) is 9.97 Å². The minimum Gasteiger partial charge on any atom is -0.309 e. The van der Waals surface area contributed by atoms with Gasteiger partial charge in [0.1, 0.15) is 5.69 Å². The third-order valence-corrected chi connectivity index (χ3v) is 5.66. The molecule has 1 heterocycles. The van der Waals surface area contributed by atoms with E-state index in [-0.39, 0.29) is 5.91 Å². The number of anilines is 1. The normalized spacial score (nSPS) is 12.0. The standard InChI is InChI=1S/C27H23N3O/c1-18-11-13-19(14-12-18)17-24(31)29-27-25(21-8-3-2-4-9-21)30-26-22-10-6-5-7-20(22)15-16-23(26)28-27/h2-14H,15-17H2,1H3,(H,28,29,31). The average molecular weight is 406 g/mol. The number of carbonyl (C=O) groups excluding carboxylic acids is 1. The lowest BCUT2D eigenvalue weighted by molar-refractivity contribution is -0.115. The molecule has 0 atom stereocenters. The zero-order chi connectivity index (χ0) is 21.2. The molecule has 4 aromatic rings. The molecule has 1 aromatic heterocycles. The van der Waals surface area contributed by atoms with Gasteiger partial charge in [0.05, 0.1) is 17.8 Å². The molecule has 4 nitrogen and oxygen atoms in total. The summed E-state index contributed by atoms with van der Waals surface area (Å²) in [6.07, 6.45) is 2.05. The summed E-state index contributed by atoms with van der Waals surface area (Å²) in [5.74, 6) is 0.438. The first-order valence-corrected chi connectivity index (χ1v) is 10.6. The van der Waals surface area contributed by atoms with E-state index in [1.54, 1.807) is 0 Å². The number of rotatable bonds is 4. The van der Waals surface area contributed by atoms with E-state index >= 15 is 0 Å². The van der Waals surface area contributed by atoms with Crippen molar-refractivity contribution in [1.29, 1.82) is 0 Å². The summed E-state index contributed by atoms with van der Waals surface area (Å²) < 4.78 is 0. The van der Waals surface area contributed by atoms with Gasteiger partial charge in [-0.1, -0.05) is 84.4 Å². The van der Waals surface area contributed by atoms with Gasteiger partial charge < -0.3 is 5.32 Å². The fraction of sp³-hybridized carbons (Fsp3) is 0.148. The summed E-state index contributed by atoms with van der Waals surface area (Å²) >= 11 is 0. The average Bonchev–Trinajstić information content (AvgIpc) is 2.80. The summed E-state index contributed by atoms with van der Waals surface area (Å²) in [5.41, 5.74) is 8.06. The lowest BCUT2D eigenvalue weighted by Gasteiger charge is -2.21. The third kappa shape index (κ3) is 3.97. The molecule has 0 unspecified atom stereocenters. The van der Waals surface area contributed by atoms with Crippen LogP contribution in [0, 0.1) is 6.92 Å². The van der Waals surface area contributed by atoms with Gasteiger partial charge in [0.15, 0.2) is 5.82 Å². The summed E-state index contributed by atoms with van der Waals surface area (Å²) in [6, 6.07) is 26.3. The van der Waals surface area contributed by atoms with Crippen molar-refractivity contribution < 1.29 is 4.79 Å². The molecule has 152 valence electrons. The molecule has 5 rings (SSSR count). The Kier molecular flexibility index (Phi) is 5.04. The molecule has 1 N–H and O–H groups in total. The Morgan fingerprint density at radius 2 is 1.58 bits per heavy atom. The largest absolute Gasteiger partial charge is 0.309 e. The van der Waals surface area contributed by atoms with Gasteiger partial charge in [-0.15, -0.1) is 0 Å². The molecule has 0 saturated heterocycles. The van der Waals surface area contributed by atoms with Crippen LogP contribution in [0.25, 0.3) is 22.5 Å². The summed E-state index contributed by atoms with van der Waals surface area (Å²) in [7, 11) is 0. The van der Waals surface area contributed by atoms with Crippen molar-refractivity contribution in [3.63, 3.8) is 0 Å². The van der Waals surface area contributed by atoms with E-state index in [9.17, 15) is 4.79 Å². The van der Waals surface area contributed by atoms with Crippen molar-refractivity contribution >= 4 is 11.7 Å². The van der Waals surface area contributed by atoms with Gasteiger partial charge in [-0.2, -0.15) is 0 Å². The second-order valence-electron chi connectivity index (χ2n) is 7.95. The Bertz CT molecular complexity index is 1250. The number of hydrogen-bond donors (Lipinski definition) is 1. The highest BCUT2D eigenvalue weighted by Gasteiger charge is 2.22. The van der Waals surface area contributed by atoms with E-state index in [4.69, 9.17) is 9.97 Å². The van der Waals surface area contributed by atoms with Crippen molar-refractivity contribution in [2.24, 2.45) is 0 Å². The van der Waals surface area contributed by atoms with Gasteiger partial charge >= 0.3 is 0 Å². The van der Waals surface area contributed by atoms with E-state index in [2.05, 4.69) is 23.5 Å². The third-order valence-electron chi connectivity index (χ3n) is 5.66. The van der Waals surface area contributed by atoms with Gasteiger partial charge in [-0.05, 0) is 30.9 Å². The highest BCUT2D eigenvalue weighted by molar-refractivity contribution is 5.95. The predicted octanol–water partition coefficient (Wildman–Crippen LogP) is 5.40. The number of amides is 1. The highest BCUT2D eigenvalue weighted by Crippen LogP contribution is 2.35. The van der Waals surface area contributed by atoms with Crippen LogP contribution in [0.5, 0.6) is 0 Å². The zero-order valence-electron chi connectivity index (χ0n) is 17.4. The molecule has 0 fully saturated rings. The molecule has 1 aliphatic rings. The Morgan fingerprint density at radius 1 is 0.839 bits per heavy atom. The van der Waals surface area contributed by atoms with Crippen LogP contribution in [-0.2, 0) is 24.1 Å². The maximum atomic E-state index is 12.8. The molecule has 0 saturated carbocycles. The number of aryl methyl sites for hydroxylation is 3. The molecular formula is C27H23N3O. The number of carbonyl (C=O) groups is 1. The molecule has 0 radical (unpaired) electrons. The first-order chi connectivity index (χ1) is 15.2. The van der Waals surface area contributed by atoms with Crippen LogP contribution in [0.4, 0.5) is 5.82 Å². The minimum absolute atomic E-state index is 0.0912. The summed E-state index contributed by atoms with van der Waals surface area (Å²) in [6.45, 7) is 2.04. The number of hydrogen-bond acceptors (Lipinski definition) is 3. The topological polar surface area (TPSA) is 54.9 Å². The molecule has 4 heteroatoms. The zero-order valence-corrected chi connectivity index (χ0v) is 17.4. The lowest BCUT2D eigenvalue weighted by Crippen LogP contribution is -2.18. The highest BCUT2D eigenvalue weighted by atomic mass is 16.1. The molecule has 0 aliphatic heterocycles. The summed E-state index contributed by atoms with van der Waals surface area (Å²) in [4.78, 5) is 22.7. The number of nitrogens with one attached hydrogen (secondary N) is 1. The Labute approximate surface area is 182 Å². The molecular weight excluding hydrogens is 382 g/mol. The number of benzene rings is 3. The van der Waals surface area contributed by atoms with Gasteiger partial charge in [0.25, 0.3) is 0 Å². The van der Waals surface area contributed by atoms with E-state index in [0.29, 0.717) is 17.9 Å². The van der Waals surface area contributed by atoms with Crippen LogP contribution in [0.1, 0.15) is 22.4 Å². The van der Waals surface area contributed by atoms with Crippen molar-refractivity contribution in [2.75, 3.05) is 5.32 Å². The van der Waals surface area contributed by atoms with Crippen molar-refractivity contribution in [1.82, 2.24) is 9.97 Å². The van der Waals surface area contributed by atoms with Crippen LogP contribution in [0.2, 0.25) is 0 Å². The maximum Gasteiger partial charge on any atom is 0.230 e. The van der Waals surface area contributed by atoms with E-state index < -0.39 is 0 Å². The van der Waals surface area contributed by atoms with Crippen LogP contribution < -0.4 is 5.32 Å². The molecule has 1 aliphatic carbocycles. The summed E-state index contributed by atoms with van der Waals surface area (Å²) in [5, 5.41) is 3.03. The van der Waals surface area contributed by atoms with Crippen LogP contribution in [0.15, 0.2) is 78.9 Å². The van der Waals surface area contributed by atoms with Gasteiger partial charge in [-0.3, -0.25) is 4.79 Å². The van der Waals surface area contributed by atoms with Crippen LogP contribution >= 0.6 is 0 Å². The van der Waals surface area contributed by atoms with Gasteiger partial charge in [0, 0.05) is 11.1 Å².